The molecule has 0 unspecified atom stereocenters. The maximum Gasteiger partial charge on any atom is 0.336 e. The summed E-state index contributed by atoms with van der Waals surface area (Å²) < 4.78 is 26.9. The Morgan fingerprint density at radius 1 is 1.47 bits per heavy atom. The molecule has 0 aromatic carbocycles. The summed E-state index contributed by atoms with van der Waals surface area (Å²) in [5, 5.41) is 10.1. The van der Waals surface area contributed by atoms with Gasteiger partial charge in [0.15, 0.2) is 0 Å². The summed E-state index contributed by atoms with van der Waals surface area (Å²) in [7, 11) is -1.60. The second-order valence-corrected chi connectivity index (χ2v) is 7.51. The van der Waals surface area contributed by atoms with E-state index in [1.54, 1.807) is 0 Å². The Balaban J connectivity index is 2.07. The lowest BCUT2D eigenvalue weighted by atomic mass is 10.1. The van der Waals surface area contributed by atoms with Crippen LogP contribution in [-0.2, 0) is 10.0 Å². The van der Waals surface area contributed by atoms with Gasteiger partial charge in [-0.1, -0.05) is 0 Å². The van der Waals surface area contributed by atoms with E-state index in [0.717, 1.165) is 37.3 Å². The van der Waals surface area contributed by atoms with Gasteiger partial charge in [-0.2, -0.15) is 0 Å². The Hall–Kier alpha value is -0.960. The van der Waals surface area contributed by atoms with Crippen LogP contribution in [0.15, 0.2) is 15.7 Å². The number of nitrogens with one attached hydrogen (secondary N) is 1. The number of piperidine rings is 1. The van der Waals surface area contributed by atoms with Gasteiger partial charge in [-0.25, -0.2) is 17.9 Å². The van der Waals surface area contributed by atoms with Crippen molar-refractivity contribution in [2.45, 2.75) is 23.1 Å². The normalized spacial score (nSPS) is 18.6. The van der Waals surface area contributed by atoms with Gasteiger partial charge in [0.25, 0.3) is 0 Å². The number of sulfonamides is 1. The van der Waals surface area contributed by atoms with Crippen LogP contribution in [0, 0.1) is 0 Å². The number of likely N-dealkylation sites (tertiary alicyclic amines) is 1. The van der Waals surface area contributed by atoms with E-state index in [4.69, 9.17) is 5.11 Å². The van der Waals surface area contributed by atoms with E-state index in [1.165, 1.54) is 11.4 Å². The molecular weight excluding hydrogens is 288 g/mol. The molecule has 8 heteroatoms. The summed E-state index contributed by atoms with van der Waals surface area (Å²) in [6, 6.07) is 1.13. The zero-order valence-corrected chi connectivity index (χ0v) is 12.1. The van der Waals surface area contributed by atoms with Gasteiger partial charge in [-0.15, -0.1) is 11.3 Å². The fourth-order valence-corrected chi connectivity index (χ4v) is 4.45. The molecule has 1 aliphatic heterocycles. The highest BCUT2D eigenvalue weighted by Crippen LogP contribution is 2.21. The lowest BCUT2D eigenvalue weighted by Gasteiger charge is -2.29. The van der Waals surface area contributed by atoms with Crippen molar-refractivity contribution in [1.29, 1.82) is 0 Å². The van der Waals surface area contributed by atoms with Crippen molar-refractivity contribution in [3.05, 3.63) is 17.0 Å². The molecule has 19 heavy (non-hydrogen) atoms. The number of hydrogen-bond donors (Lipinski definition) is 2. The smallest absolute Gasteiger partial charge is 0.336 e. The molecule has 1 aromatic heterocycles. The highest BCUT2D eigenvalue weighted by atomic mass is 32.2. The van der Waals surface area contributed by atoms with Crippen molar-refractivity contribution in [3.63, 3.8) is 0 Å². The van der Waals surface area contributed by atoms with Crippen LogP contribution in [0.1, 0.15) is 23.2 Å². The Morgan fingerprint density at radius 2 is 2.11 bits per heavy atom. The number of rotatable bonds is 4. The quantitative estimate of drug-likeness (QED) is 0.860. The van der Waals surface area contributed by atoms with Crippen molar-refractivity contribution in [1.82, 2.24) is 9.62 Å². The summed E-state index contributed by atoms with van der Waals surface area (Å²) in [6.07, 6.45) is 1.54. The maximum atomic E-state index is 12.1. The number of aromatic carboxylic acids is 1. The lowest BCUT2D eigenvalue weighted by molar-refractivity contribution is 0.0697. The Labute approximate surface area is 116 Å². The van der Waals surface area contributed by atoms with Crippen LogP contribution in [0.4, 0.5) is 0 Å². The first-order chi connectivity index (χ1) is 8.88. The minimum Gasteiger partial charge on any atom is -0.478 e. The number of carbonyl (C=O) groups is 1. The van der Waals surface area contributed by atoms with Crippen LogP contribution in [0.3, 0.4) is 0 Å². The molecule has 2 heterocycles. The molecule has 106 valence electrons. The molecule has 0 amide bonds. The molecule has 0 saturated carbocycles. The third-order valence-corrected chi connectivity index (χ3v) is 6.09. The van der Waals surface area contributed by atoms with Gasteiger partial charge >= 0.3 is 5.97 Å². The number of carboxylic acid groups (broad SMARTS) is 1. The monoisotopic (exact) mass is 304 g/mol. The minimum atomic E-state index is -3.60. The highest BCUT2D eigenvalue weighted by molar-refractivity contribution is 7.91. The van der Waals surface area contributed by atoms with E-state index in [9.17, 15) is 13.2 Å². The average Bonchev–Trinajstić information content (AvgIpc) is 2.82. The van der Waals surface area contributed by atoms with E-state index in [-0.39, 0.29) is 15.8 Å². The van der Waals surface area contributed by atoms with Crippen molar-refractivity contribution in [2.75, 3.05) is 20.1 Å². The van der Waals surface area contributed by atoms with Gasteiger partial charge in [0.05, 0.1) is 5.56 Å². The molecule has 1 saturated heterocycles. The Morgan fingerprint density at radius 3 is 2.63 bits per heavy atom. The first-order valence-corrected chi connectivity index (χ1v) is 8.27. The number of hydrogen-bond acceptors (Lipinski definition) is 5. The lowest BCUT2D eigenvalue weighted by Crippen LogP contribution is -2.43. The van der Waals surface area contributed by atoms with Gasteiger partial charge in [-0.3, -0.25) is 0 Å². The Bertz CT molecular complexity index is 559. The van der Waals surface area contributed by atoms with Crippen LogP contribution < -0.4 is 4.72 Å². The van der Waals surface area contributed by atoms with Crippen LogP contribution in [0.25, 0.3) is 0 Å². The Kier molecular flexibility index (Phi) is 4.24. The minimum absolute atomic E-state index is 0.00810. The van der Waals surface area contributed by atoms with Crippen LogP contribution in [0.2, 0.25) is 0 Å². The fraction of sp³-hybridized carbons (Fsp3) is 0.545. The molecule has 1 aliphatic rings. The molecule has 0 radical (unpaired) electrons. The predicted octanol–water partition coefficient (Wildman–Crippen LogP) is 0.819. The third-order valence-electron chi connectivity index (χ3n) is 3.13. The predicted molar refractivity (Wildman–Crippen MR) is 72.1 cm³/mol. The molecule has 1 fully saturated rings. The van der Waals surface area contributed by atoms with E-state index >= 15 is 0 Å². The second-order valence-electron chi connectivity index (χ2n) is 4.66. The summed E-state index contributed by atoms with van der Waals surface area (Å²) in [5.41, 5.74) is 0.00810. The number of carboxylic acids is 1. The van der Waals surface area contributed by atoms with Gasteiger partial charge < -0.3 is 10.0 Å². The summed E-state index contributed by atoms with van der Waals surface area (Å²) in [4.78, 5) is 12.9. The molecule has 2 N–H and O–H groups in total. The van der Waals surface area contributed by atoms with Gasteiger partial charge in [0, 0.05) is 11.4 Å². The van der Waals surface area contributed by atoms with Crippen LogP contribution >= 0.6 is 11.3 Å². The molecular formula is C11H16N2O4S2. The van der Waals surface area contributed by atoms with E-state index in [2.05, 4.69) is 9.62 Å². The first kappa shape index (κ1) is 14.4. The third kappa shape index (κ3) is 3.53. The number of nitrogens with zero attached hydrogens (tertiary/aromatic N) is 1. The summed E-state index contributed by atoms with van der Waals surface area (Å²) in [5.74, 6) is -1.11. The molecule has 0 bridgehead atoms. The van der Waals surface area contributed by atoms with Gasteiger partial charge in [-0.05, 0) is 39.0 Å². The molecule has 0 aliphatic carbocycles. The zero-order chi connectivity index (χ0) is 14.0. The fourth-order valence-electron chi connectivity index (χ4n) is 1.97. The first-order valence-electron chi connectivity index (χ1n) is 5.91. The molecule has 0 spiro atoms. The van der Waals surface area contributed by atoms with Gasteiger partial charge in [0.2, 0.25) is 10.0 Å². The molecule has 1 aromatic rings. The second kappa shape index (κ2) is 5.58. The SMILES string of the molecule is CN1CCC(NS(=O)(=O)c2cc(C(=O)O)cs2)CC1. The topological polar surface area (TPSA) is 86.7 Å². The number of thiophene rings is 1. The van der Waals surface area contributed by atoms with Crippen molar-refractivity contribution < 1.29 is 18.3 Å². The zero-order valence-electron chi connectivity index (χ0n) is 10.5. The average molecular weight is 304 g/mol. The van der Waals surface area contributed by atoms with Crippen molar-refractivity contribution in [2.24, 2.45) is 0 Å². The molecule has 0 atom stereocenters. The summed E-state index contributed by atoms with van der Waals surface area (Å²) >= 11 is 0.932. The molecule has 6 nitrogen and oxygen atoms in total. The molecule has 2 rings (SSSR count). The highest BCUT2D eigenvalue weighted by Gasteiger charge is 2.25. The maximum absolute atomic E-state index is 12.1. The van der Waals surface area contributed by atoms with Crippen LogP contribution in [0.5, 0.6) is 0 Å². The summed E-state index contributed by atoms with van der Waals surface area (Å²) in [6.45, 7) is 1.72. The van der Waals surface area contributed by atoms with Crippen molar-refractivity contribution in [3.8, 4) is 0 Å². The standard InChI is InChI=1S/C11H16N2O4S2/c1-13-4-2-9(3-5-13)12-19(16,17)10-6-8(7-18-10)11(14)15/h6-7,9,12H,2-5H2,1H3,(H,14,15). The van der Waals surface area contributed by atoms with Gasteiger partial charge in [0.1, 0.15) is 4.21 Å². The largest absolute Gasteiger partial charge is 0.478 e. The van der Waals surface area contributed by atoms with E-state index in [1.807, 2.05) is 7.05 Å². The van der Waals surface area contributed by atoms with E-state index in [0.29, 0.717) is 0 Å². The van der Waals surface area contributed by atoms with E-state index < -0.39 is 16.0 Å². The van der Waals surface area contributed by atoms with Crippen molar-refractivity contribution >= 4 is 27.3 Å². The van der Waals surface area contributed by atoms with Crippen LogP contribution in [-0.4, -0.2) is 50.6 Å².